The molecule has 2 N–H and O–H groups in total. The van der Waals surface area contributed by atoms with Crippen LogP contribution in [0.25, 0.3) is 11.0 Å². The zero-order chi connectivity index (χ0) is 25.7. The fraction of sp³-hybridized carbons (Fsp3) is 0.276. The fourth-order valence-electron chi connectivity index (χ4n) is 4.33. The number of hydrogen-bond donors (Lipinski definition) is 2. The van der Waals surface area contributed by atoms with Crippen molar-refractivity contribution in [3.63, 3.8) is 0 Å². The molecule has 2 amide bonds. The average Bonchev–Trinajstić information content (AvgIpc) is 3.24. The number of aryl methyl sites for hydroxylation is 1. The van der Waals surface area contributed by atoms with Gasteiger partial charge in [-0.2, -0.15) is 0 Å². The highest BCUT2D eigenvalue weighted by Crippen LogP contribution is 2.22. The molecule has 0 radical (unpaired) electrons. The van der Waals surface area contributed by atoms with Crippen molar-refractivity contribution < 1.29 is 9.59 Å². The summed E-state index contributed by atoms with van der Waals surface area (Å²) in [6.07, 6.45) is 0. The number of aromatic nitrogens is 2. The standard InChI is InChI=1S/C29H33N5O2/c1-5-33(6-2)24-17-15-23(16-18-24)31-27(35)19-34-26-10-8-7-9-25(26)32-28(34)21(4)30-29(36)22-13-11-20(3)12-14-22/h7-18,21H,5-6,19H2,1-4H3,(H,30,36)(H,31,35)/t21-/m0/s1. The van der Waals surface area contributed by atoms with Crippen molar-refractivity contribution in [2.75, 3.05) is 23.3 Å². The van der Waals surface area contributed by atoms with Crippen LogP contribution in [0.15, 0.2) is 72.8 Å². The van der Waals surface area contributed by atoms with Crippen LogP contribution < -0.4 is 15.5 Å². The first-order chi connectivity index (χ1) is 17.4. The number of rotatable bonds is 9. The van der Waals surface area contributed by atoms with Crippen LogP contribution in [-0.4, -0.2) is 34.5 Å². The minimum Gasteiger partial charge on any atom is -0.372 e. The minimum atomic E-state index is -0.396. The summed E-state index contributed by atoms with van der Waals surface area (Å²) >= 11 is 0. The lowest BCUT2D eigenvalue weighted by Crippen LogP contribution is -2.30. The molecule has 0 bridgehead atoms. The Hall–Kier alpha value is -4.13. The molecule has 186 valence electrons. The van der Waals surface area contributed by atoms with E-state index in [-0.39, 0.29) is 18.4 Å². The first-order valence-electron chi connectivity index (χ1n) is 12.4. The van der Waals surface area contributed by atoms with Crippen molar-refractivity contribution >= 4 is 34.2 Å². The third-order valence-corrected chi connectivity index (χ3v) is 6.31. The maximum absolute atomic E-state index is 13.0. The molecule has 4 aromatic rings. The van der Waals surface area contributed by atoms with Gasteiger partial charge in [-0.25, -0.2) is 4.98 Å². The van der Waals surface area contributed by atoms with Gasteiger partial charge in [0.15, 0.2) is 0 Å². The van der Waals surface area contributed by atoms with Gasteiger partial charge >= 0.3 is 0 Å². The topological polar surface area (TPSA) is 79.3 Å². The summed E-state index contributed by atoms with van der Waals surface area (Å²) in [6.45, 7) is 10.0. The smallest absolute Gasteiger partial charge is 0.251 e. The number of hydrogen-bond acceptors (Lipinski definition) is 4. The summed E-state index contributed by atoms with van der Waals surface area (Å²) in [4.78, 5) is 32.9. The van der Waals surface area contributed by atoms with E-state index >= 15 is 0 Å². The molecule has 36 heavy (non-hydrogen) atoms. The van der Waals surface area contributed by atoms with Crippen LogP contribution in [0.3, 0.4) is 0 Å². The largest absolute Gasteiger partial charge is 0.372 e. The van der Waals surface area contributed by atoms with Gasteiger partial charge in [0.25, 0.3) is 5.91 Å². The van der Waals surface area contributed by atoms with Gasteiger partial charge in [-0.05, 0) is 76.2 Å². The second-order valence-electron chi connectivity index (χ2n) is 8.87. The first-order valence-corrected chi connectivity index (χ1v) is 12.4. The Kier molecular flexibility index (Phi) is 7.68. The molecular weight excluding hydrogens is 450 g/mol. The van der Waals surface area contributed by atoms with E-state index in [4.69, 9.17) is 4.98 Å². The Bertz CT molecular complexity index is 1340. The molecule has 3 aromatic carbocycles. The minimum absolute atomic E-state index is 0.0817. The third-order valence-electron chi connectivity index (χ3n) is 6.31. The summed E-state index contributed by atoms with van der Waals surface area (Å²) in [5, 5.41) is 6.02. The third kappa shape index (κ3) is 5.57. The van der Waals surface area contributed by atoms with E-state index in [1.165, 1.54) is 0 Å². The van der Waals surface area contributed by atoms with Gasteiger partial charge in [0.2, 0.25) is 5.91 Å². The Labute approximate surface area is 212 Å². The van der Waals surface area contributed by atoms with Crippen LogP contribution in [0.2, 0.25) is 0 Å². The predicted octanol–water partition coefficient (Wildman–Crippen LogP) is 5.32. The summed E-state index contributed by atoms with van der Waals surface area (Å²) in [5.41, 5.74) is 5.16. The number of carbonyl (C=O) groups is 2. The van der Waals surface area contributed by atoms with Gasteiger partial charge in [-0.3, -0.25) is 9.59 Å². The number of amides is 2. The highest BCUT2D eigenvalue weighted by atomic mass is 16.2. The average molecular weight is 484 g/mol. The molecule has 1 aromatic heterocycles. The summed E-state index contributed by atoms with van der Waals surface area (Å²) in [6, 6.07) is 22.6. The normalized spacial score (nSPS) is 11.8. The zero-order valence-corrected chi connectivity index (χ0v) is 21.3. The second kappa shape index (κ2) is 11.1. The van der Waals surface area contributed by atoms with Gasteiger partial charge in [0, 0.05) is 30.0 Å². The lowest BCUT2D eigenvalue weighted by molar-refractivity contribution is -0.116. The molecule has 0 aliphatic heterocycles. The molecule has 0 fully saturated rings. The highest BCUT2D eigenvalue weighted by molar-refractivity contribution is 5.94. The van der Waals surface area contributed by atoms with Crippen LogP contribution in [0, 0.1) is 6.92 Å². The van der Waals surface area contributed by atoms with E-state index in [9.17, 15) is 9.59 Å². The highest BCUT2D eigenvalue weighted by Gasteiger charge is 2.20. The van der Waals surface area contributed by atoms with Gasteiger partial charge in [-0.15, -0.1) is 0 Å². The second-order valence-corrected chi connectivity index (χ2v) is 8.87. The number of anilines is 2. The molecular formula is C29H33N5O2. The van der Waals surface area contributed by atoms with E-state index in [0.29, 0.717) is 11.4 Å². The fourth-order valence-corrected chi connectivity index (χ4v) is 4.33. The zero-order valence-electron chi connectivity index (χ0n) is 21.3. The molecule has 0 saturated carbocycles. The SMILES string of the molecule is CCN(CC)c1ccc(NC(=O)Cn2c([C@H](C)NC(=O)c3ccc(C)cc3)nc3ccccc32)cc1. The summed E-state index contributed by atoms with van der Waals surface area (Å²) in [5.74, 6) is 0.287. The van der Waals surface area contributed by atoms with Crippen molar-refractivity contribution in [1.29, 1.82) is 0 Å². The van der Waals surface area contributed by atoms with Crippen LogP contribution in [0.4, 0.5) is 11.4 Å². The molecule has 0 aliphatic carbocycles. The van der Waals surface area contributed by atoms with Crippen LogP contribution in [-0.2, 0) is 11.3 Å². The van der Waals surface area contributed by atoms with E-state index in [1.807, 2.05) is 79.1 Å². The molecule has 1 heterocycles. The lowest BCUT2D eigenvalue weighted by atomic mass is 10.1. The first kappa shape index (κ1) is 25.0. The van der Waals surface area contributed by atoms with Crippen LogP contribution in [0.1, 0.15) is 48.6 Å². The Morgan fingerprint density at radius 3 is 2.28 bits per heavy atom. The number of fused-ring (bicyclic) bond motifs is 1. The monoisotopic (exact) mass is 483 g/mol. The van der Waals surface area contributed by atoms with Crippen molar-refractivity contribution in [1.82, 2.24) is 14.9 Å². The number of nitrogens with zero attached hydrogens (tertiary/aromatic N) is 3. The molecule has 7 nitrogen and oxygen atoms in total. The molecule has 1 atom stereocenters. The van der Waals surface area contributed by atoms with Crippen LogP contribution in [0.5, 0.6) is 0 Å². The number of para-hydroxylation sites is 2. The van der Waals surface area contributed by atoms with Crippen molar-refractivity contribution in [2.24, 2.45) is 0 Å². The maximum atomic E-state index is 13.0. The van der Waals surface area contributed by atoms with Gasteiger partial charge in [-0.1, -0.05) is 29.8 Å². The van der Waals surface area contributed by atoms with Crippen molar-refractivity contribution in [2.45, 2.75) is 40.3 Å². The number of carbonyl (C=O) groups excluding carboxylic acids is 2. The maximum Gasteiger partial charge on any atom is 0.251 e. The van der Waals surface area contributed by atoms with Gasteiger partial charge in [0.1, 0.15) is 12.4 Å². The molecule has 0 spiro atoms. The van der Waals surface area contributed by atoms with Gasteiger partial charge in [0.05, 0.1) is 17.1 Å². The van der Waals surface area contributed by atoms with Crippen LogP contribution >= 0.6 is 0 Å². The number of benzene rings is 3. The quantitative estimate of drug-likeness (QED) is 0.338. The molecule has 4 rings (SSSR count). The predicted molar refractivity (Wildman–Crippen MR) is 145 cm³/mol. The molecule has 0 aliphatic rings. The van der Waals surface area contributed by atoms with Gasteiger partial charge < -0.3 is 20.1 Å². The molecule has 0 unspecified atom stereocenters. The molecule has 7 heteroatoms. The van der Waals surface area contributed by atoms with E-state index < -0.39 is 6.04 Å². The Balaban J connectivity index is 1.52. The van der Waals surface area contributed by atoms with E-state index in [1.54, 1.807) is 12.1 Å². The van der Waals surface area contributed by atoms with Crippen molar-refractivity contribution in [3.8, 4) is 0 Å². The van der Waals surface area contributed by atoms with E-state index in [0.717, 1.165) is 41.1 Å². The molecule has 0 saturated heterocycles. The Morgan fingerprint density at radius 1 is 0.944 bits per heavy atom. The summed E-state index contributed by atoms with van der Waals surface area (Å²) < 4.78 is 1.87. The lowest BCUT2D eigenvalue weighted by Gasteiger charge is -2.21. The van der Waals surface area contributed by atoms with Crippen molar-refractivity contribution in [3.05, 3.63) is 89.7 Å². The summed E-state index contributed by atoms with van der Waals surface area (Å²) in [7, 11) is 0. The Morgan fingerprint density at radius 2 is 1.61 bits per heavy atom. The number of imidazole rings is 1. The number of nitrogens with one attached hydrogen (secondary N) is 2. The van der Waals surface area contributed by atoms with E-state index in [2.05, 4.69) is 29.4 Å².